The predicted octanol–water partition coefficient (Wildman–Crippen LogP) is 8.12. The molecule has 0 saturated heterocycles. The quantitative estimate of drug-likeness (QED) is 0.0424. The maximum atomic E-state index is 14.4. The molecule has 0 aliphatic carbocycles. The van der Waals surface area contributed by atoms with Crippen LogP contribution in [0.5, 0.6) is 0 Å². The molecule has 0 fully saturated rings. The van der Waals surface area contributed by atoms with E-state index in [1.807, 2.05) is 26.2 Å². The van der Waals surface area contributed by atoms with Crippen molar-refractivity contribution in [3.8, 4) is 12.1 Å². The summed E-state index contributed by atoms with van der Waals surface area (Å²) in [6.07, 6.45) is -8.82. The molecule has 0 spiro atoms. The van der Waals surface area contributed by atoms with Gasteiger partial charge in [0, 0.05) is 37.3 Å². The highest BCUT2D eigenvalue weighted by atomic mass is 19.4. The lowest BCUT2D eigenvalue weighted by atomic mass is 9.91. The number of esters is 2. The molecule has 77 heavy (non-hydrogen) atoms. The topological polar surface area (TPSA) is 205 Å². The normalized spacial score (nSPS) is 16.2. The molecule has 4 aromatic rings. The standard InChI is InChI=1S/C54H53F6N9O8/c1-33-45(47(37-19-15-35(29-61)16-20-37)65(31-43(70)76-5)51(74)67(33)41-13-7-11-39(27-41)53(55,56)57)49(72)63-23-9-25-69(3,4)26-10-24-64-50(73)46-34(2)68(42-14-8-12-40(28-42)54(58,59)60)52(75)66(32-44(71)77-6)48(46)38-21-17-36(30-62)18-22-38/h7-8,11-22,27-28,47-48H,9-10,23-26,31-32H2,1-6H3,(H-,63,64,72,73)/p+1/t47-,48-/m1/s1. The van der Waals surface area contributed by atoms with Gasteiger partial charge in [0.1, 0.15) is 13.1 Å². The molecule has 2 atom stereocenters. The smallest absolute Gasteiger partial charge is 0.416 e. The first-order valence-electron chi connectivity index (χ1n) is 23.8. The van der Waals surface area contributed by atoms with E-state index in [0.717, 1.165) is 70.2 Å². The number of carbonyl (C=O) groups is 6. The number of hydrogen-bond acceptors (Lipinski definition) is 10. The van der Waals surface area contributed by atoms with Crippen LogP contribution in [0.25, 0.3) is 0 Å². The summed E-state index contributed by atoms with van der Waals surface area (Å²) in [4.78, 5) is 87.1. The molecule has 0 saturated carbocycles. The molecule has 6 amide bonds. The minimum Gasteiger partial charge on any atom is -0.468 e. The number of allylic oxidation sites excluding steroid dienone is 2. The number of quaternary nitrogens is 1. The maximum Gasteiger partial charge on any atom is 0.416 e. The van der Waals surface area contributed by atoms with Gasteiger partial charge in [-0.15, -0.1) is 0 Å². The number of halogens is 6. The Morgan fingerprint density at radius 2 is 0.948 bits per heavy atom. The van der Waals surface area contributed by atoms with Crippen molar-refractivity contribution >= 4 is 47.2 Å². The number of nitrogens with zero attached hydrogens (tertiary/aromatic N) is 7. The molecule has 0 unspecified atom stereocenters. The van der Waals surface area contributed by atoms with E-state index in [1.54, 1.807) is 0 Å². The Balaban J connectivity index is 1.21. The number of alkyl halides is 6. The fourth-order valence-corrected chi connectivity index (χ4v) is 9.16. The van der Waals surface area contributed by atoms with Gasteiger partial charge in [0.2, 0.25) is 0 Å². The Bertz CT molecular complexity index is 2870. The number of anilines is 2. The Morgan fingerprint density at radius 3 is 1.26 bits per heavy atom. The summed E-state index contributed by atoms with van der Waals surface area (Å²) in [6.45, 7) is 2.44. The highest BCUT2D eigenvalue weighted by molar-refractivity contribution is 6.07. The molecule has 2 aliphatic heterocycles. The lowest BCUT2D eigenvalue weighted by molar-refractivity contribution is -0.890. The predicted molar refractivity (Wildman–Crippen MR) is 266 cm³/mol. The molecule has 2 N–H and O–H groups in total. The molecule has 0 aromatic heterocycles. The molecular weight excluding hydrogens is 1020 g/mol. The number of amides is 6. The molecule has 0 radical (unpaired) electrons. The Morgan fingerprint density at radius 1 is 0.597 bits per heavy atom. The van der Waals surface area contributed by atoms with Gasteiger partial charge in [0.25, 0.3) is 11.8 Å². The molecule has 404 valence electrons. The third-order valence-electron chi connectivity index (χ3n) is 13.1. The third-order valence-corrected chi connectivity index (χ3v) is 13.1. The van der Waals surface area contributed by atoms with Gasteiger partial charge >= 0.3 is 36.4 Å². The highest BCUT2D eigenvalue weighted by Crippen LogP contribution is 2.43. The second-order valence-corrected chi connectivity index (χ2v) is 18.6. The second kappa shape index (κ2) is 23.9. The molecule has 23 heteroatoms. The van der Waals surface area contributed by atoms with Gasteiger partial charge in [-0.1, -0.05) is 36.4 Å². The minimum absolute atomic E-state index is 0.0194. The number of carbonyl (C=O) groups excluding carboxylic acids is 6. The van der Waals surface area contributed by atoms with E-state index in [4.69, 9.17) is 9.47 Å². The van der Waals surface area contributed by atoms with Crippen molar-refractivity contribution in [2.24, 2.45) is 0 Å². The number of urea groups is 2. The SMILES string of the molecule is COC(=O)CN1C(=O)N(c2cccc(C(F)(F)F)c2)C(C)=C(C(=O)NCCC[N+](C)(C)CCCNC(=O)C2=C(C)N(c3cccc(C(F)(F)F)c3)C(=O)N(CC(=O)OC)[C@@H]2c2ccc(C#N)cc2)[C@H]1c1ccc(C#N)cc1. The summed E-state index contributed by atoms with van der Waals surface area (Å²) < 4.78 is 93.7. The zero-order valence-electron chi connectivity index (χ0n) is 42.7. The number of ether oxygens (including phenoxy) is 2. The van der Waals surface area contributed by atoms with Gasteiger partial charge in [-0.2, -0.15) is 36.9 Å². The number of hydrogen-bond donors (Lipinski definition) is 2. The Kier molecular flexibility index (Phi) is 17.9. The van der Waals surface area contributed by atoms with E-state index in [-0.39, 0.29) is 58.1 Å². The van der Waals surface area contributed by atoms with Crippen LogP contribution in [0.4, 0.5) is 47.3 Å². The van der Waals surface area contributed by atoms with Crippen LogP contribution in [0.15, 0.2) is 120 Å². The average Bonchev–Trinajstić information content (AvgIpc) is 3.41. The maximum absolute atomic E-state index is 14.4. The van der Waals surface area contributed by atoms with Gasteiger partial charge in [-0.05, 0) is 85.6 Å². The zero-order chi connectivity index (χ0) is 56.6. The van der Waals surface area contributed by atoms with Gasteiger partial charge in [-0.25, -0.2) is 9.59 Å². The number of benzene rings is 4. The monoisotopic (exact) mass is 1070 g/mol. The molecule has 0 bridgehead atoms. The van der Waals surface area contributed by atoms with Crippen molar-refractivity contribution in [1.82, 2.24) is 20.4 Å². The summed E-state index contributed by atoms with van der Waals surface area (Å²) in [6, 6.07) is 19.4. The van der Waals surface area contributed by atoms with E-state index >= 15 is 0 Å². The lowest BCUT2D eigenvalue weighted by Gasteiger charge is -2.42. The van der Waals surface area contributed by atoms with Crippen LogP contribution in [0, 0.1) is 22.7 Å². The van der Waals surface area contributed by atoms with Crippen LogP contribution in [0.3, 0.4) is 0 Å². The van der Waals surface area contributed by atoms with Crippen molar-refractivity contribution in [1.29, 1.82) is 10.5 Å². The van der Waals surface area contributed by atoms with Crippen molar-refractivity contribution in [3.63, 3.8) is 0 Å². The first-order valence-corrected chi connectivity index (χ1v) is 23.8. The van der Waals surface area contributed by atoms with E-state index in [9.17, 15) is 65.6 Å². The summed E-state index contributed by atoms with van der Waals surface area (Å²) in [7, 11) is 5.98. The van der Waals surface area contributed by atoms with Crippen LogP contribution in [-0.2, 0) is 41.0 Å². The van der Waals surface area contributed by atoms with Crippen LogP contribution in [0.2, 0.25) is 0 Å². The number of nitrogens with one attached hydrogen (secondary N) is 2. The number of methoxy groups -OCH3 is 2. The Hall–Kier alpha value is -8.70. The van der Waals surface area contributed by atoms with Gasteiger partial charge < -0.3 is 34.4 Å². The summed E-state index contributed by atoms with van der Waals surface area (Å²) in [5, 5.41) is 24.7. The molecular formula is C54H54F6N9O8+. The number of nitriles is 2. The molecule has 4 aromatic carbocycles. The van der Waals surface area contributed by atoms with Crippen molar-refractivity contribution < 1.29 is 69.1 Å². The van der Waals surface area contributed by atoms with Gasteiger partial charge in [0.15, 0.2) is 0 Å². The second-order valence-electron chi connectivity index (χ2n) is 18.6. The van der Waals surface area contributed by atoms with Gasteiger partial charge in [0.05, 0.1) is 110 Å². The van der Waals surface area contributed by atoms with Crippen molar-refractivity contribution in [2.75, 3.05) is 77.4 Å². The van der Waals surface area contributed by atoms with Crippen molar-refractivity contribution in [3.05, 3.63) is 153 Å². The third kappa shape index (κ3) is 13.2. The first kappa shape index (κ1) is 57.6. The summed E-state index contributed by atoms with van der Waals surface area (Å²) in [5.74, 6) is -3.16. The van der Waals surface area contributed by atoms with E-state index < -0.39 is 84.5 Å². The van der Waals surface area contributed by atoms with Crippen molar-refractivity contribution in [2.45, 2.75) is 51.1 Å². The summed E-state index contributed by atoms with van der Waals surface area (Å²) >= 11 is 0. The fraction of sp³-hybridized carbons (Fsp3) is 0.333. The van der Waals surface area contributed by atoms with Gasteiger partial charge in [-0.3, -0.25) is 29.0 Å². The first-order chi connectivity index (χ1) is 36.3. The zero-order valence-corrected chi connectivity index (χ0v) is 42.7. The molecule has 2 aliphatic rings. The van der Waals surface area contributed by atoms with Crippen LogP contribution in [0.1, 0.15) is 72.2 Å². The molecule has 17 nitrogen and oxygen atoms in total. The molecule has 6 rings (SSSR count). The molecule has 2 heterocycles. The number of rotatable bonds is 18. The summed E-state index contributed by atoms with van der Waals surface area (Å²) in [5.41, 5.74) is -1.59. The largest absolute Gasteiger partial charge is 0.468 e. The minimum atomic E-state index is -4.78. The van der Waals surface area contributed by atoms with E-state index in [2.05, 4.69) is 10.6 Å². The Labute approximate surface area is 439 Å². The average molecular weight is 1070 g/mol. The lowest BCUT2D eigenvalue weighted by Crippen LogP contribution is -2.53. The van der Waals surface area contributed by atoms with Crippen LogP contribution >= 0.6 is 0 Å². The van der Waals surface area contributed by atoms with E-state index in [0.29, 0.717) is 41.5 Å². The highest BCUT2D eigenvalue weighted by Gasteiger charge is 2.46. The van der Waals surface area contributed by atoms with E-state index in [1.165, 1.54) is 74.5 Å². The van der Waals surface area contributed by atoms with Crippen LogP contribution in [-0.4, -0.2) is 118 Å². The van der Waals surface area contributed by atoms with Crippen LogP contribution < -0.4 is 20.4 Å². The fourth-order valence-electron chi connectivity index (χ4n) is 9.16.